The highest BCUT2D eigenvalue weighted by molar-refractivity contribution is 5.86. The Morgan fingerprint density at radius 2 is 1.74 bits per heavy atom. The van der Waals surface area contributed by atoms with E-state index in [9.17, 15) is 18.0 Å². The molecule has 0 aliphatic rings. The Kier molecular flexibility index (Phi) is 6.64. The maximum Gasteiger partial charge on any atom is 0.390 e. The Hall–Kier alpha value is -1.47. The normalized spacial score (nSPS) is 13.1. The number of hydrogen-bond acceptors (Lipinski definition) is 2. The summed E-state index contributed by atoms with van der Waals surface area (Å²) < 4.78 is 35.8. The van der Waals surface area contributed by atoms with E-state index in [-0.39, 0.29) is 30.5 Å². The number of guanidine groups is 1. The largest absolute Gasteiger partial charge is 0.390 e. The number of carbonyl (C=O) groups excluding carboxylic acids is 1. The van der Waals surface area contributed by atoms with Gasteiger partial charge in [-0.15, -0.1) is 0 Å². The van der Waals surface area contributed by atoms with Crippen LogP contribution in [0.5, 0.6) is 0 Å². The Bertz CT molecular complexity index is 321. The molecule has 0 aromatic heterocycles. The number of halogens is 3. The van der Waals surface area contributed by atoms with Crippen molar-refractivity contribution in [3.05, 3.63) is 0 Å². The second kappa shape index (κ2) is 7.20. The first-order chi connectivity index (χ1) is 8.53. The summed E-state index contributed by atoms with van der Waals surface area (Å²) >= 11 is 0. The van der Waals surface area contributed by atoms with E-state index in [1.54, 1.807) is 0 Å². The Balaban J connectivity index is 3.99. The lowest BCUT2D eigenvalue weighted by atomic mass is 10.1. The fourth-order valence-electron chi connectivity index (χ4n) is 1.17. The topological polar surface area (TPSA) is 65.5 Å². The van der Waals surface area contributed by atoms with Gasteiger partial charge in [0, 0.05) is 19.1 Å². The number of alkyl halides is 3. The van der Waals surface area contributed by atoms with Gasteiger partial charge in [0.25, 0.3) is 0 Å². The summed E-state index contributed by atoms with van der Waals surface area (Å²) in [6.45, 7) is 5.16. The summed E-state index contributed by atoms with van der Waals surface area (Å²) in [6.07, 6.45) is -5.17. The van der Waals surface area contributed by atoms with E-state index in [0.717, 1.165) is 0 Å². The molecule has 0 saturated carbocycles. The van der Waals surface area contributed by atoms with Gasteiger partial charge in [0.05, 0.1) is 13.0 Å². The van der Waals surface area contributed by atoms with Gasteiger partial charge in [-0.05, 0) is 20.8 Å². The quantitative estimate of drug-likeness (QED) is 0.533. The minimum absolute atomic E-state index is 0.0526. The zero-order valence-corrected chi connectivity index (χ0v) is 11.6. The Morgan fingerprint density at radius 1 is 1.16 bits per heavy atom. The van der Waals surface area contributed by atoms with Gasteiger partial charge in [0.1, 0.15) is 0 Å². The van der Waals surface area contributed by atoms with Crippen molar-refractivity contribution >= 4 is 11.9 Å². The van der Waals surface area contributed by atoms with Gasteiger partial charge in [-0.1, -0.05) is 0 Å². The minimum atomic E-state index is -4.21. The van der Waals surface area contributed by atoms with Gasteiger partial charge >= 0.3 is 6.18 Å². The van der Waals surface area contributed by atoms with E-state index in [4.69, 9.17) is 0 Å². The van der Waals surface area contributed by atoms with Gasteiger partial charge in [-0.2, -0.15) is 13.2 Å². The molecule has 5 nitrogen and oxygen atoms in total. The van der Waals surface area contributed by atoms with E-state index >= 15 is 0 Å². The molecule has 112 valence electrons. The van der Waals surface area contributed by atoms with E-state index in [0.29, 0.717) is 0 Å². The standard InChI is InChI=1S/C11H21F3N4O/c1-10(2,3)18-8(19)7-17-9(15-4)16-6-5-11(12,13)14/h5-7H2,1-4H3,(H,18,19)(H2,15,16,17). The number of hydrogen-bond donors (Lipinski definition) is 3. The van der Waals surface area contributed by atoms with Crippen LogP contribution in [0.25, 0.3) is 0 Å². The number of aliphatic imine (C=N–C) groups is 1. The first kappa shape index (κ1) is 17.5. The smallest absolute Gasteiger partial charge is 0.356 e. The Labute approximate surface area is 111 Å². The molecule has 0 fully saturated rings. The molecule has 0 aliphatic carbocycles. The van der Waals surface area contributed by atoms with Gasteiger partial charge < -0.3 is 16.0 Å². The van der Waals surface area contributed by atoms with E-state index in [2.05, 4.69) is 20.9 Å². The molecule has 19 heavy (non-hydrogen) atoms. The molecule has 1 amide bonds. The zero-order valence-electron chi connectivity index (χ0n) is 11.6. The predicted molar refractivity (Wildman–Crippen MR) is 67.9 cm³/mol. The lowest BCUT2D eigenvalue weighted by Gasteiger charge is -2.21. The number of nitrogens with one attached hydrogen (secondary N) is 3. The van der Waals surface area contributed by atoms with E-state index in [1.165, 1.54) is 7.05 Å². The molecule has 3 N–H and O–H groups in total. The van der Waals surface area contributed by atoms with Crippen molar-refractivity contribution in [2.45, 2.75) is 38.9 Å². The highest BCUT2D eigenvalue weighted by atomic mass is 19.4. The van der Waals surface area contributed by atoms with Crippen LogP contribution in [0.15, 0.2) is 4.99 Å². The average Bonchev–Trinajstić information content (AvgIpc) is 2.18. The maximum atomic E-state index is 11.9. The molecule has 0 unspecified atom stereocenters. The fraction of sp³-hybridized carbons (Fsp3) is 0.818. The highest BCUT2D eigenvalue weighted by Gasteiger charge is 2.26. The molecular weight excluding hydrogens is 261 g/mol. The molecule has 0 saturated heterocycles. The van der Waals surface area contributed by atoms with Gasteiger partial charge in [-0.3, -0.25) is 9.79 Å². The van der Waals surface area contributed by atoms with Gasteiger partial charge in [0.15, 0.2) is 5.96 Å². The van der Waals surface area contributed by atoms with Crippen molar-refractivity contribution in [3.8, 4) is 0 Å². The van der Waals surface area contributed by atoms with Crippen LogP contribution in [-0.4, -0.2) is 43.7 Å². The van der Waals surface area contributed by atoms with Crippen LogP contribution < -0.4 is 16.0 Å². The molecule has 8 heteroatoms. The first-order valence-electron chi connectivity index (χ1n) is 5.86. The second-order valence-corrected chi connectivity index (χ2v) is 5.02. The van der Waals surface area contributed by atoms with Gasteiger partial charge in [-0.25, -0.2) is 0 Å². The zero-order chi connectivity index (χ0) is 15.1. The summed E-state index contributed by atoms with van der Waals surface area (Å²) in [7, 11) is 1.42. The van der Waals surface area contributed by atoms with Crippen LogP contribution in [-0.2, 0) is 4.79 Å². The van der Waals surface area contributed by atoms with Crippen molar-refractivity contribution in [2.75, 3.05) is 20.1 Å². The SMILES string of the molecule is CN=C(NCCC(F)(F)F)NCC(=O)NC(C)(C)C. The number of rotatable bonds is 4. The van der Waals surface area contributed by atoms with Crippen LogP contribution in [0.3, 0.4) is 0 Å². The summed E-state index contributed by atoms with van der Waals surface area (Å²) in [4.78, 5) is 15.2. The highest BCUT2D eigenvalue weighted by Crippen LogP contribution is 2.17. The van der Waals surface area contributed by atoms with Crippen molar-refractivity contribution in [2.24, 2.45) is 4.99 Å². The molecule has 0 rings (SSSR count). The third kappa shape index (κ3) is 11.4. The molecule has 0 atom stereocenters. The lowest BCUT2D eigenvalue weighted by molar-refractivity contribution is -0.133. The fourth-order valence-corrected chi connectivity index (χ4v) is 1.17. The molecule has 0 heterocycles. The molecular formula is C11H21F3N4O. The van der Waals surface area contributed by atoms with Crippen molar-refractivity contribution in [1.82, 2.24) is 16.0 Å². The summed E-state index contributed by atoms with van der Waals surface area (Å²) in [5, 5.41) is 7.84. The lowest BCUT2D eigenvalue weighted by Crippen LogP contribution is -2.48. The van der Waals surface area contributed by atoms with Crippen LogP contribution in [0.2, 0.25) is 0 Å². The molecule has 0 spiro atoms. The molecule has 0 aromatic rings. The third-order valence-electron chi connectivity index (χ3n) is 1.86. The third-order valence-corrected chi connectivity index (χ3v) is 1.86. The van der Waals surface area contributed by atoms with Crippen molar-refractivity contribution < 1.29 is 18.0 Å². The summed E-state index contributed by atoms with van der Waals surface area (Å²) in [5.41, 5.74) is -0.355. The second-order valence-electron chi connectivity index (χ2n) is 5.02. The van der Waals surface area contributed by atoms with Crippen LogP contribution in [0.4, 0.5) is 13.2 Å². The average molecular weight is 282 g/mol. The number of nitrogens with zero attached hydrogens (tertiary/aromatic N) is 1. The number of amides is 1. The molecule has 0 radical (unpaired) electrons. The molecule has 0 aromatic carbocycles. The van der Waals surface area contributed by atoms with E-state index in [1.807, 2.05) is 20.8 Å². The van der Waals surface area contributed by atoms with Crippen LogP contribution >= 0.6 is 0 Å². The maximum absolute atomic E-state index is 11.9. The molecule has 0 bridgehead atoms. The minimum Gasteiger partial charge on any atom is -0.356 e. The van der Waals surface area contributed by atoms with Gasteiger partial charge in [0.2, 0.25) is 5.91 Å². The van der Waals surface area contributed by atoms with Crippen molar-refractivity contribution in [1.29, 1.82) is 0 Å². The molecule has 0 aliphatic heterocycles. The van der Waals surface area contributed by atoms with Crippen LogP contribution in [0.1, 0.15) is 27.2 Å². The predicted octanol–water partition coefficient (Wildman–Crippen LogP) is 1.02. The van der Waals surface area contributed by atoms with E-state index < -0.39 is 12.6 Å². The van der Waals surface area contributed by atoms with Crippen molar-refractivity contribution in [3.63, 3.8) is 0 Å². The summed E-state index contributed by atoms with van der Waals surface area (Å²) in [6, 6.07) is 0. The Morgan fingerprint density at radius 3 is 2.16 bits per heavy atom. The monoisotopic (exact) mass is 282 g/mol. The van der Waals surface area contributed by atoms with Crippen LogP contribution in [0, 0.1) is 0 Å². The number of carbonyl (C=O) groups is 1. The first-order valence-corrected chi connectivity index (χ1v) is 5.86. The summed E-state index contributed by atoms with van der Waals surface area (Å²) in [5.74, 6) is -0.0976.